The zero-order valence-corrected chi connectivity index (χ0v) is 9.07. The van der Waals surface area contributed by atoms with E-state index in [-0.39, 0.29) is 0 Å². The average molecular weight is 206 g/mol. The summed E-state index contributed by atoms with van der Waals surface area (Å²) >= 11 is 0. The normalized spacial score (nSPS) is 10.9. The second-order valence-corrected chi connectivity index (χ2v) is 3.30. The van der Waals surface area contributed by atoms with Gasteiger partial charge in [0.1, 0.15) is 11.3 Å². The van der Waals surface area contributed by atoms with Crippen LogP contribution in [0, 0.1) is 0 Å². The fraction of sp³-hybridized carbons (Fsp3) is 0.444. The van der Waals surface area contributed by atoms with Crippen molar-refractivity contribution in [2.24, 2.45) is 7.05 Å². The van der Waals surface area contributed by atoms with Crippen molar-refractivity contribution in [1.82, 2.24) is 24.8 Å². The van der Waals surface area contributed by atoms with E-state index in [0.29, 0.717) is 6.54 Å². The van der Waals surface area contributed by atoms with Gasteiger partial charge in [0.05, 0.1) is 12.9 Å². The van der Waals surface area contributed by atoms with Crippen LogP contribution in [0.3, 0.4) is 0 Å². The van der Waals surface area contributed by atoms with Crippen LogP contribution in [0.1, 0.15) is 5.82 Å². The number of hydrogen-bond donors (Lipinski definition) is 2. The molecule has 0 fully saturated rings. The summed E-state index contributed by atoms with van der Waals surface area (Å²) in [4.78, 5) is 13.0. The first kappa shape index (κ1) is 9.85. The maximum atomic E-state index is 4.42. The van der Waals surface area contributed by atoms with Crippen LogP contribution in [0.25, 0.3) is 11.2 Å². The van der Waals surface area contributed by atoms with Crippen LogP contribution >= 0.6 is 0 Å². The molecule has 0 aliphatic rings. The molecule has 0 aromatic carbocycles. The minimum atomic E-state index is 0.649. The van der Waals surface area contributed by atoms with Gasteiger partial charge in [0.25, 0.3) is 0 Å². The van der Waals surface area contributed by atoms with Crippen molar-refractivity contribution in [2.45, 2.75) is 6.54 Å². The molecule has 0 bridgehead atoms. The van der Waals surface area contributed by atoms with Gasteiger partial charge in [0, 0.05) is 14.1 Å². The molecule has 2 N–H and O–H groups in total. The Morgan fingerprint density at radius 1 is 1.33 bits per heavy atom. The molecule has 2 aromatic heterocycles. The van der Waals surface area contributed by atoms with Gasteiger partial charge in [-0.1, -0.05) is 0 Å². The lowest BCUT2D eigenvalue weighted by atomic mass is 10.4. The lowest BCUT2D eigenvalue weighted by molar-refractivity contribution is 0.760. The molecule has 6 heteroatoms. The Morgan fingerprint density at radius 2 is 2.13 bits per heavy atom. The summed E-state index contributed by atoms with van der Waals surface area (Å²) in [6, 6.07) is 0. The number of imidazole rings is 1. The smallest absolute Gasteiger partial charge is 0.165 e. The number of nitrogens with one attached hydrogen (secondary N) is 2. The van der Waals surface area contributed by atoms with Gasteiger partial charge in [-0.15, -0.1) is 0 Å². The molecule has 0 radical (unpaired) electrons. The lowest BCUT2D eigenvalue weighted by Gasteiger charge is -2.04. The number of aryl methyl sites for hydroxylation is 1. The Bertz CT molecular complexity index is 475. The molecule has 0 aliphatic carbocycles. The first-order valence-electron chi connectivity index (χ1n) is 4.76. The van der Waals surface area contributed by atoms with Gasteiger partial charge in [-0.25, -0.2) is 15.0 Å². The monoisotopic (exact) mass is 206 g/mol. The van der Waals surface area contributed by atoms with E-state index in [0.717, 1.165) is 22.8 Å². The molecule has 0 saturated carbocycles. The molecule has 6 nitrogen and oxygen atoms in total. The van der Waals surface area contributed by atoms with Crippen LogP contribution in [-0.2, 0) is 13.6 Å². The molecule has 0 amide bonds. The summed E-state index contributed by atoms with van der Waals surface area (Å²) in [7, 11) is 5.63. The van der Waals surface area contributed by atoms with Gasteiger partial charge in [0.15, 0.2) is 11.5 Å². The molecule has 0 atom stereocenters. The summed E-state index contributed by atoms with van der Waals surface area (Å²) in [6.07, 6.45) is 1.74. The highest BCUT2D eigenvalue weighted by Gasteiger charge is 2.09. The minimum Gasteiger partial charge on any atom is -0.371 e. The van der Waals surface area contributed by atoms with Crippen LogP contribution in [0.15, 0.2) is 6.33 Å². The maximum Gasteiger partial charge on any atom is 0.165 e. The van der Waals surface area contributed by atoms with Gasteiger partial charge in [-0.2, -0.15) is 0 Å². The number of rotatable bonds is 3. The summed E-state index contributed by atoms with van der Waals surface area (Å²) in [5.41, 5.74) is 1.65. The van der Waals surface area contributed by atoms with E-state index in [1.54, 1.807) is 6.33 Å². The first-order valence-corrected chi connectivity index (χ1v) is 4.76. The molecular formula is C9H14N6. The SMILES string of the molecule is CNCc1nc(NC)c2ncn(C)c2n1. The quantitative estimate of drug-likeness (QED) is 0.747. The molecule has 2 rings (SSSR count). The molecule has 0 unspecified atom stereocenters. The Labute approximate surface area is 87.8 Å². The average Bonchev–Trinajstić information content (AvgIpc) is 2.60. The van der Waals surface area contributed by atoms with Crippen molar-refractivity contribution in [3.63, 3.8) is 0 Å². The highest BCUT2D eigenvalue weighted by Crippen LogP contribution is 2.17. The van der Waals surface area contributed by atoms with Crippen LogP contribution < -0.4 is 10.6 Å². The second kappa shape index (κ2) is 3.82. The zero-order valence-electron chi connectivity index (χ0n) is 9.07. The second-order valence-electron chi connectivity index (χ2n) is 3.30. The van der Waals surface area contributed by atoms with Crippen LogP contribution in [0.2, 0.25) is 0 Å². The first-order chi connectivity index (χ1) is 7.26. The fourth-order valence-electron chi connectivity index (χ4n) is 1.46. The minimum absolute atomic E-state index is 0.649. The fourth-order valence-corrected chi connectivity index (χ4v) is 1.46. The molecule has 0 saturated heterocycles. The maximum absolute atomic E-state index is 4.42. The van der Waals surface area contributed by atoms with Gasteiger partial charge >= 0.3 is 0 Å². The van der Waals surface area contributed by atoms with E-state index in [9.17, 15) is 0 Å². The van der Waals surface area contributed by atoms with Gasteiger partial charge < -0.3 is 15.2 Å². The van der Waals surface area contributed by atoms with Gasteiger partial charge in [-0.3, -0.25) is 0 Å². The van der Waals surface area contributed by atoms with E-state index in [1.165, 1.54) is 0 Å². The predicted molar refractivity (Wildman–Crippen MR) is 58.6 cm³/mol. The lowest BCUT2D eigenvalue weighted by Crippen LogP contribution is -2.11. The number of hydrogen-bond acceptors (Lipinski definition) is 5. The topological polar surface area (TPSA) is 67.7 Å². The third-order valence-electron chi connectivity index (χ3n) is 2.18. The number of aromatic nitrogens is 4. The molecule has 0 spiro atoms. The highest BCUT2D eigenvalue weighted by molar-refractivity contribution is 5.82. The van der Waals surface area contributed by atoms with Crippen molar-refractivity contribution in [1.29, 1.82) is 0 Å². The standard InChI is InChI=1S/C9H14N6/c1-10-4-6-13-8(11-2)7-9(14-6)15(3)5-12-7/h5,10H,4H2,1-3H3,(H,11,13,14). The number of nitrogens with zero attached hydrogens (tertiary/aromatic N) is 4. The Balaban J connectivity index is 2.62. The molecule has 15 heavy (non-hydrogen) atoms. The van der Waals surface area contributed by atoms with Gasteiger partial charge in [-0.05, 0) is 7.05 Å². The summed E-state index contributed by atoms with van der Waals surface area (Å²) < 4.78 is 1.89. The molecular weight excluding hydrogens is 192 g/mol. The van der Waals surface area contributed by atoms with E-state index in [2.05, 4.69) is 25.6 Å². The summed E-state index contributed by atoms with van der Waals surface area (Å²) in [6.45, 7) is 0.649. The number of anilines is 1. The Kier molecular flexibility index (Phi) is 2.51. The molecule has 2 heterocycles. The highest BCUT2D eigenvalue weighted by atomic mass is 15.1. The third-order valence-corrected chi connectivity index (χ3v) is 2.18. The summed E-state index contributed by atoms with van der Waals surface area (Å²) in [5.74, 6) is 1.53. The molecule has 2 aromatic rings. The van der Waals surface area contributed by atoms with E-state index in [1.807, 2.05) is 25.7 Å². The van der Waals surface area contributed by atoms with Crippen molar-refractivity contribution in [2.75, 3.05) is 19.4 Å². The largest absolute Gasteiger partial charge is 0.371 e. The van der Waals surface area contributed by atoms with Crippen molar-refractivity contribution in [3.05, 3.63) is 12.2 Å². The molecule has 80 valence electrons. The van der Waals surface area contributed by atoms with Crippen molar-refractivity contribution >= 4 is 17.0 Å². The van der Waals surface area contributed by atoms with Crippen LogP contribution in [-0.4, -0.2) is 33.6 Å². The van der Waals surface area contributed by atoms with E-state index < -0.39 is 0 Å². The number of fused-ring (bicyclic) bond motifs is 1. The van der Waals surface area contributed by atoms with Crippen LogP contribution in [0.5, 0.6) is 0 Å². The Hall–Kier alpha value is -1.69. The third kappa shape index (κ3) is 1.63. The molecule has 0 aliphatic heterocycles. The summed E-state index contributed by atoms with van der Waals surface area (Å²) in [5, 5.41) is 6.06. The van der Waals surface area contributed by atoms with Crippen LogP contribution in [0.4, 0.5) is 5.82 Å². The van der Waals surface area contributed by atoms with Crippen molar-refractivity contribution in [3.8, 4) is 0 Å². The predicted octanol–water partition coefficient (Wildman–Crippen LogP) is 0.124. The van der Waals surface area contributed by atoms with Gasteiger partial charge in [0.2, 0.25) is 0 Å². The van der Waals surface area contributed by atoms with E-state index in [4.69, 9.17) is 0 Å². The van der Waals surface area contributed by atoms with Crippen molar-refractivity contribution < 1.29 is 0 Å². The van der Waals surface area contributed by atoms with E-state index >= 15 is 0 Å². The zero-order chi connectivity index (χ0) is 10.8. The Morgan fingerprint density at radius 3 is 2.80 bits per heavy atom.